The zero-order chi connectivity index (χ0) is 15.8. The van der Waals surface area contributed by atoms with Gasteiger partial charge in [0.05, 0.1) is 5.56 Å². The summed E-state index contributed by atoms with van der Waals surface area (Å²) in [6, 6.07) is 9.36. The van der Waals surface area contributed by atoms with Gasteiger partial charge in [-0.15, -0.1) is 0 Å². The van der Waals surface area contributed by atoms with E-state index in [2.05, 4.69) is 0 Å². The summed E-state index contributed by atoms with van der Waals surface area (Å²) in [6.07, 6.45) is -4.75. The van der Waals surface area contributed by atoms with Gasteiger partial charge in [-0.05, 0) is 37.1 Å². The van der Waals surface area contributed by atoms with E-state index in [1.165, 1.54) is 6.92 Å². The average molecular weight is 298 g/mol. The number of benzene rings is 2. The zero-order valence-electron chi connectivity index (χ0n) is 11.5. The molecule has 1 N–H and O–H groups in total. The maximum Gasteiger partial charge on any atom is 0.419 e. The van der Waals surface area contributed by atoms with Crippen LogP contribution in [0.2, 0.25) is 0 Å². The van der Waals surface area contributed by atoms with Crippen molar-refractivity contribution in [2.75, 3.05) is 0 Å². The van der Waals surface area contributed by atoms with E-state index in [4.69, 9.17) is 0 Å². The zero-order valence-corrected chi connectivity index (χ0v) is 11.5. The molecule has 0 saturated heterocycles. The van der Waals surface area contributed by atoms with Gasteiger partial charge in [0.1, 0.15) is 11.4 Å². The molecule has 1 atom stereocenters. The third-order valence-electron chi connectivity index (χ3n) is 3.42. The predicted molar refractivity (Wildman–Crippen MR) is 71.3 cm³/mol. The highest BCUT2D eigenvalue weighted by Gasteiger charge is 2.35. The van der Waals surface area contributed by atoms with Crippen LogP contribution < -0.4 is 0 Å². The van der Waals surface area contributed by atoms with Gasteiger partial charge in [-0.3, -0.25) is 0 Å². The Labute approximate surface area is 119 Å². The van der Waals surface area contributed by atoms with Crippen LogP contribution in [0, 0.1) is 12.7 Å². The first-order valence-electron chi connectivity index (χ1n) is 6.29. The number of hydrogen-bond acceptors (Lipinski definition) is 1. The topological polar surface area (TPSA) is 20.2 Å². The molecule has 1 unspecified atom stereocenters. The third-order valence-corrected chi connectivity index (χ3v) is 3.42. The number of alkyl halides is 3. The van der Waals surface area contributed by atoms with Crippen molar-refractivity contribution in [3.8, 4) is 0 Å². The van der Waals surface area contributed by atoms with Gasteiger partial charge in [0.2, 0.25) is 0 Å². The van der Waals surface area contributed by atoms with Crippen LogP contribution >= 0.6 is 0 Å². The molecule has 0 spiro atoms. The van der Waals surface area contributed by atoms with Crippen molar-refractivity contribution in [1.29, 1.82) is 0 Å². The highest BCUT2D eigenvalue weighted by Crippen LogP contribution is 2.35. The second-order valence-corrected chi connectivity index (χ2v) is 5.13. The Morgan fingerprint density at radius 3 is 2.10 bits per heavy atom. The third kappa shape index (κ3) is 3.08. The molecule has 0 aromatic heterocycles. The molecule has 0 fully saturated rings. The van der Waals surface area contributed by atoms with Crippen LogP contribution in [-0.2, 0) is 11.8 Å². The normalized spacial score (nSPS) is 14.8. The Morgan fingerprint density at radius 1 is 0.952 bits per heavy atom. The summed E-state index contributed by atoms with van der Waals surface area (Å²) in [4.78, 5) is 0. The molecule has 2 aromatic rings. The highest BCUT2D eigenvalue weighted by molar-refractivity contribution is 5.39. The Balaban J connectivity index is 2.49. The molecular weight excluding hydrogens is 284 g/mol. The lowest BCUT2D eigenvalue weighted by atomic mass is 9.87. The van der Waals surface area contributed by atoms with Crippen molar-refractivity contribution in [3.63, 3.8) is 0 Å². The number of rotatable bonds is 2. The highest BCUT2D eigenvalue weighted by atomic mass is 19.4. The average Bonchev–Trinajstić information content (AvgIpc) is 2.37. The van der Waals surface area contributed by atoms with E-state index >= 15 is 0 Å². The van der Waals surface area contributed by atoms with Crippen LogP contribution in [0.4, 0.5) is 17.6 Å². The fourth-order valence-electron chi connectivity index (χ4n) is 2.16. The van der Waals surface area contributed by atoms with E-state index in [1.54, 1.807) is 18.2 Å². The number of hydrogen-bond donors (Lipinski definition) is 1. The van der Waals surface area contributed by atoms with Crippen molar-refractivity contribution in [2.24, 2.45) is 0 Å². The van der Waals surface area contributed by atoms with Gasteiger partial charge in [-0.1, -0.05) is 35.9 Å². The fraction of sp³-hybridized carbons (Fsp3) is 0.250. The molecule has 2 aromatic carbocycles. The second kappa shape index (κ2) is 5.15. The minimum Gasteiger partial charge on any atom is -0.381 e. The van der Waals surface area contributed by atoms with Crippen LogP contribution in [0.15, 0.2) is 42.5 Å². The number of aliphatic hydroxyl groups is 1. The molecule has 0 bridgehead atoms. The summed E-state index contributed by atoms with van der Waals surface area (Å²) in [5.41, 5.74) is -1.47. The Bertz CT molecular complexity index is 660. The molecule has 5 heteroatoms. The van der Waals surface area contributed by atoms with Gasteiger partial charge < -0.3 is 5.11 Å². The molecule has 0 aliphatic heterocycles. The first-order valence-corrected chi connectivity index (χ1v) is 6.29. The van der Waals surface area contributed by atoms with E-state index in [-0.39, 0.29) is 5.56 Å². The van der Waals surface area contributed by atoms with Crippen molar-refractivity contribution in [1.82, 2.24) is 0 Å². The summed E-state index contributed by atoms with van der Waals surface area (Å²) in [7, 11) is 0. The Morgan fingerprint density at radius 2 is 1.57 bits per heavy atom. The van der Waals surface area contributed by atoms with Crippen LogP contribution in [0.25, 0.3) is 0 Å². The molecular formula is C16H14F4O. The van der Waals surface area contributed by atoms with Gasteiger partial charge in [0, 0.05) is 0 Å². The summed E-state index contributed by atoms with van der Waals surface area (Å²) in [6.45, 7) is 3.25. The van der Waals surface area contributed by atoms with E-state index < -0.39 is 23.2 Å². The van der Waals surface area contributed by atoms with Crippen LogP contribution in [-0.4, -0.2) is 5.11 Å². The summed E-state index contributed by atoms with van der Waals surface area (Å²) in [5.74, 6) is -1.40. The maximum atomic E-state index is 13.6. The van der Waals surface area contributed by atoms with Crippen LogP contribution in [0.1, 0.15) is 29.2 Å². The monoisotopic (exact) mass is 298 g/mol. The molecule has 0 aliphatic rings. The maximum absolute atomic E-state index is 13.6. The first kappa shape index (κ1) is 15.5. The van der Waals surface area contributed by atoms with Crippen LogP contribution in [0.5, 0.6) is 0 Å². The van der Waals surface area contributed by atoms with Crippen molar-refractivity contribution in [2.45, 2.75) is 25.6 Å². The summed E-state index contributed by atoms with van der Waals surface area (Å²) >= 11 is 0. The molecule has 2 rings (SSSR count). The van der Waals surface area contributed by atoms with Gasteiger partial charge >= 0.3 is 6.18 Å². The molecule has 0 saturated carbocycles. The molecule has 0 heterocycles. The molecule has 1 nitrogen and oxygen atoms in total. The van der Waals surface area contributed by atoms with Gasteiger partial charge in [-0.25, -0.2) is 4.39 Å². The van der Waals surface area contributed by atoms with Gasteiger partial charge in [-0.2, -0.15) is 13.2 Å². The minimum atomic E-state index is -4.75. The lowest BCUT2D eigenvalue weighted by Gasteiger charge is -2.25. The lowest BCUT2D eigenvalue weighted by Crippen LogP contribution is -2.23. The first-order chi connectivity index (χ1) is 9.62. The fourth-order valence-corrected chi connectivity index (χ4v) is 2.16. The second-order valence-electron chi connectivity index (χ2n) is 5.13. The largest absolute Gasteiger partial charge is 0.419 e. The predicted octanol–water partition coefficient (Wildman–Crippen LogP) is 4.41. The SMILES string of the molecule is Cc1cccc(C(C)(O)c2ccc(C(F)(F)F)c(F)c2)c1. The van der Waals surface area contributed by atoms with E-state index in [9.17, 15) is 22.7 Å². The molecule has 112 valence electrons. The van der Waals surface area contributed by atoms with Crippen molar-refractivity contribution >= 4 is 0 Å². The smallest absolute Gasteiger partial charge is 0.381 e. The van der Waals surface area contributed by atoms with Crippen molar-refractivity contribution < 1.29 is 22.7 Å². The standard InChI is InChI=1S/C16H14F4O/c1-10-4-3-5-11(8-10)15(2,21)12-6-7-13(14(17)9-12)16(18,19)20/h3-9,21H,1-2H3. The minimum absolute atomic E-state index is 0.0681. The Hall–Kier alpha value is -1.88. The van der Waals surface area contributed by atoms with Gasteiger partial charge in [0.15, 0.2) is 0 Å². The lowest BCUT2D eigenvalue weighted by molar-refractivity contribution is -0.140. The van der Waals surface area contributed by atoms with Crippen LogP contribution in [0.3, 0.4) is 0 Å². The number of halogens is 4. The van der Waals surface area contributed by atoms with E-state index in [1.807, 2.05) is 13.0 Å². The molecule has 0 amide bonds. The van der Waals surface area contributed by atoms with E-state index in [0.29, 0.717) is 11.6 Å². The summed E-state index contributed by atoms with van der Waals surface area (Å²) < 4.78 is 51.3. The Kier molecular flexibility index (Phi) is 3.80. The van der Waals surface area contributed by atoms with Crippen molar-refractivity contribution in [3.05, 3.63) is 70.5 Å². The quantitative estimate of drug-likeness (QED) is 0.814. The van der Waals surface area contributed by atoms with E-state index in [0.717, 1.165) is 17.7 Å². The number of aryl methyl sites for hydroxylation is 1. The molecule has 0 aliphatic carbocycles. The molecule has 0 radical (unpaired) electrons. The summed E-state index contributed by atoms with van der Waals surface area (Å²) in [5, 5.41) is 10.6. The van der Waals surface area contributed by atoms with Gasteiger partial charge in [0.25, 0.3) is 0 Å². The molecule has 21 heavy (non-hydrogen) atoms.